The van der Waals surface area contributed by atoms with Gasteiger partial charge in [-0.3, -0.25) is 0 Å². The van der Waals surface area contributed by atoms with Crippen molar-refractivity contribution >= 4 is 37.6 Å². The summed E-state index contributed by atoms with van der Waals surface area (Å²) in [6.07, 6.45) is 3.32. The maximum absolute atomic E-state index is 7.79. The van der Waals surface area contributed by atoms with Gasteiger partial charge < -0.3 is 5.41 Å². The van der Waals surface area contributed by atoms with E-state index in [1.807, 2.05) is 6.07 Å². The van der Waals surface area contributed by atoms with E-state index < -0.39 is 0 Å². The second kappa shape index (κ2) is 6.64. The van der Waals surface area contributed by atoms with Crippen LogP contribution in [-0.4, -0.2) is 10.7 Å². The molecule has 17 heavy (non-hydrogen) atoms. The van der Waals surface area contributed by atoms with Crippen LogP contribution in [0.15, 0.2) is 15.1 Å². The molecule has 1 N–H and O–H groups in total. The largest absolute Gasteiger partial charge is 0.303 e. The molecule has 2 nitrogen and oxygen atoms in total. The fraction of sp³-hybridized carbons (Fsp3) is 0.538. The highest BCUT2D eigenvalue weighted by atomic mass is 79.9. The van der Waals surface area contributed by atoms with E-state index >= 15 is 0 Å². The van der Waals surface area contributed by atoms with Crippen LogP contribution in [0, 0.1) is 11.3 Å². The van der Waals surface area contributed by atoms with E-state index in [9.17, 15) is 0 Å². The van der Waals surface area contributed by atoms with Crippen LogP contribution in [0.3, 0.4) is 0 Å². The van der Waals surface area contributed by atoms with Crippen LogP contribution in [-0.2, 0) is 6.42 Å². The molecule has 0 unspecified atom stereocenters. The number of pyridine rings is 1. The van der Waals surface area contributed by atoms with Crippen molar-refractivity contribution in [3.8, 4) is 0 Å². The van der Waals surface area contributed by atoms with Crippen molar-refractivity contribution in [3.63, 3.8) is 0 Å². The Morgan fingerprint density at radius 3 is 2.59 bits per heavy atom. The van der Waals surface area contributed by atoms with Crippen molar-refractivity contribution in [1.29, 1.82) is 5.41 Å². The number of aromatic nitrogens is 1. The van der Waals surface area contributed by atoms with Gasteiger partial charge in [0.25, 0.3) is 0 Å². The first-order chi connectivity index (χ1) is 7.91. The summed E-state index contributed by atoms with van der Waals surface area (Å²) in [6.45, 7) is 6.25. The molecule has 0 radical (unpaired) electrons. The molecule has 0 aliphatic carbocycles. The molecule has 0 aliphatic rings. The zero-order chi connectivity index (χ0) is 13.0. The molecule has 1 heterocycles. The van der Waals surface area contributed by atoms with Crippen molar-refractivity contribution in [3.05, 3.63) is 26.4 Å². The third-order valence-electron chi connectivity index (χ3n) is 2.60. The summed E-state index contributed by atoms with van der Waals surface area (Å²) in [5, 5.41) is 7.79. The van der Waals surface area contributed by atoms with E-state index in [2.05, 4.69) is 50.7 Å². The SMILES string of the molecule is CC(=N)c1nc(Br)cc(Br)c1CCCC(C)C. The van der Waals surface area contributed by atoms with E-state index in [0.717, 1.165) is 39.1 Å². The third kappa shape index (κ3) is 4.51. The number of halogens is 2. The summed E-state index contributed by atoms with van der Waals surface area (Å²) in [5.74, 6) is 0.724. The quantitative estimate of drug-likeness (QED) is 0.583. The number of nitrogens with one attached hydrogen (secondary N) is 1. The summed E-state index contributed by atoms with van der Waals surface area (Å²) >= 11 is 6.94. The first-order valence-corrected chi connectivity index (χ1v) is 7.41. The van der Waals surface area contributed by atoms with Gasteiger partial charge in [-0.25, -0.2) is 4.98 Å². The Labute approximate surface area is 120 Å². The Bertz CT molecular complexity index is 414. The van der Waals surface area contributed by atoms with Crippen LogP contribution in [0.5, 0.6) is 0 Å². The lowest BCUT2D eigenvalue weighted by Gasteiger charge is -2.11. The predicted octanol–water partition coefficient (Wildman–Crippen LogP) is 4.97. The van der Waals surface area contributed by atoms with Crippen LogP contribution < -0.4 is 0 Å². The Morgan fingerprint density at radius 1 is 1.41 bits per heavy atom. The first-order valence-electron chi connectivity index (χ1n) is 5.82. The van der Waals surface area contributed by atoms with Gasteiger partial charge >= 0.3 is 0 Å². The number of hydrogen-bond acceptors (Lipinski definition) is 2. The minimum atomic E-state index is 0.520. The average molecular weight is 362 g/mol. The highest BCUT2D eigenvalue weighted by Crippen LogP contribution is 2.25. The fourth-order valence-electron chi connectivity index (χ4n) is 1.75. The molecule has 1 rings (SSSR count). The summed E-state index contributed by atoms with van der Waals surface area (Å²) in [5.41, 5.74) is 2.47. The lowest BCUT2D eigenvalue weighted by Crippen LogP contribution is -2.05. The second-order valence-electron chi connectivity index (χ2n) is 4.67. The van der Waals surface area contributed by atoms with Gasteiger partial charge in [-0.2, -0.15) is 0 Å². The highest BCUT2D eigenvalue weighted by molar-refractivity contribution is 9.11. The smallest absolute Gasteiger partial charge is 0.108 e. The molecule has 4 heteroatoms. The molecule has 0 bridgehead atoms. The zero-order valence-corrected chi connectivity index (χ0v) is 13.7. The lowest BCUT2D eigenvalue weighted by atomic mass is 10.0. The Hall–Kier alpha value is -0.220. The van der Waals surface area contributed by atoms with Crippen LogP contribution in [0.4, 0.5) is 0 Å². The van der Waals surface area contributed by atoms with Crippen molar-refractivity contribution in [2.45, 2.75) is 40.0 Å². The third-order valence-corrected chi connectivity index (χ3v) is 3.72. The van der Waals surface area contributed by atoms with Crippen LogP contribution in [0.2, 0.25) is 0 Å². The lowest BCUT2D eigenvalue weighted by molar-refractivity contribution is 0.555. The van der Waals surface area contributed by atoms with Crippen molar-refractivity contribution in [2.24, 2.45) is 5.92 Å². The summed E-state index contributed by atoms with van der Waals surface area (Å²) < 4.78 is 1.82. The van der Waals surface area contributed by atoms with E-state index in [4.69, 9.17) is 5.41 Å². The summed E-state index contributed by atoms with van der Waals surface area (Å²) in [7, 11) is 0. The van der Waals surface area contributed by atoms with Crippen molar-refractivity contribution in [1.82, 2.24) is 4.98 Å². The molecule has 0 spiro atoms. The predicted molar refractivity (Wildman–Crippen MR) is 79.9 cm³/mol. The number of hydrogen-bond donors (Lipinski definition) is 1. The topological polar surface area (TPSA) is 36.7 Å². The molecular weight excluding hydrogens is 344 g/mol. The normalized spacial score (nSPS) is 10.9. The second-order valence-corrected chi connectivity index (χ2v) is 6.33. The van der Waals surface area contributed by atoms with Gasteiger partial charge in [0.2, 0.25) is 0 Å². The van der Waals surface area contributed by atoms with E-state index in [1.165, 1.54) is 6.42 Å². The summed E-state index contributed by atoms with van der Waals surface area (Å²) in [6, 6.07) is 1.96. The van der Waals surface area contributed by atoms with Gasteiger partial charge in [0.05, 0.1) is 11.4 Å². The van der Waals surface area contributed by atoms with Crippen molar-refractivity contribution < 1.29 is 0 Å². The van der Waals surface area contributed by atoms with E-state index in [1.54, 1.807) is 6.92 Å². The van der Waals surface area contributed by atoms with Gasteiger partial charge in [0, 0.05) is 4.47 Å². The standard InChI is InChI=1S/C13H18Br2N2/c1-8(2)5-4-6-10-11(14)7-12(15)17-13(10)9(3)16/h7-8,16H,4-6H2,1-3H3. The van der Waals surface area contributed by atoms with Gasteiger partial charge in [0.1, 0.15) is 4.60 Å². The maximum Gasteiger partial charge on any atom is 0.108 e. The molecule has 0 saturated heterocycles. The molecule has 94 valence electrons. The summed E-state index contributed by atoms with van der Waals surface area (Å²) in [4.78, 5) is 4.39. The minimum Gasteiger partial charge on any atom is -0.303 e. The van der Waals surface area contributed by atoms with Crippen LogP contribution in [0.1, 0.15) is 44.9 Å². The first kappa shape index (κ1) is 14.8. The molecule has 0 atom stereocenters. The van der Waals surface area contributed by atoms with E-state index in [-0.39, 0.29) is 0 Å². The Balaban J connectivity index is 2.92. The van der Waals surface area contributed by atoms with Crippen LogP contribution in [0.25, 0.3) is 0 Å². The van der Waals surface area contributed by atoms with E-state index in [0.29, 0.717) is 5.71 Å². The molecule has 1 aromatic rings. The Kier molecular flexibility index (Phi) is 5.80. The highest BCUT2D eigenvalue weighted by Gasteiger charge is 2.12. The minimum absolute atomic E-state index is 0.520. The van der Waals surface area contributed by atoms with Crippen molar-refractivity contribution in [2.75, 3.05) is 0 Å². The van der Waals surface area contributed by atoms with Gasteiger partial charge in [-0.1, -0.05) is 36.2 Å². The zero-order valence-electron chi connectivity index (χ0n) is 10.5. The van der Waals surface area contributed by atoms with Gasteiger partial charge in [-0.15, -0.1) is 0 Å². The molecule has 0 saturated carbocycles. The fourth-order valence-corrected chi connectivity index (χ4v) is 3.06. The maximum atomic E-state index is 7.79. The number of nitrogens with zero attached hydrogens (tertiary/aromatic N) is 1. The molecular formula is C13H18Br2N2. The Morgan fingerprint density at radius 2 is 2.06 bits per heavy atom. The molecule has 0 aromatic carbocycles. The van der Waals surface area contributed by atoms with Gasteiger partial charge in [0.15, 0.2) is 0 Å². The van der Waals surface area contributed by atoms with Crippen LogP contribution >= 0.6 is 31.9 Å². The average Bonchev–Trinajstić information content (AvgIpc) is 2.19. The molecule has 0 amide bonds. The molecule has 0 aliphatic heterocycles. The number of rotatable bonds is 5. The monoisotopic (exact) mass is 360 g/mol. The molecule has 0 fully saturated rings. The van der Waals surface area contributed by atoms with Gasteiger partial charge in [-0.05, 0) is 53.2 Å². The molecule has 1 aromatic heterocycles.